The fourth-order valence-corrected chi connectivity index (χ4v) is 6.87. The van der Waals surface area contributed by atoms with Crippen molar-refractivity contribution in [2.45, 2.75) is 94.6 Å². The van der Waals surface area contributed by atoms with E-state index < -0.39 is 0 Å². The number of hydrogen-bond acceptors (Lipinski definition) is 5. The summed E-state index contributed by atoms with van der Waals surface area (Å²) in [6.07, 6.45) is 15.4. The van der Waals surface area contributed by atoms with Gasteiger partial charge in [0.2, 0.25) is 0 Å². The second kappa shape index (κ2) is 9.25. The van der Waals surface area contributed by atoms with Crippen molar-refractivity contribution >= 4 is 17.2 Å². The predicted octanol–water partition coefficient (Wildman–Crippen LogP) is 4.73. The van der Waals surface area contributed by atoms with Crippen molar-refractivity contribution < 1.29 is 9.53 Å². The van der Waals surface area contributed by atoms with E-state index in [1.165, 1.54) is 51.4 Å². The molecule has 4 fully saturated rings. The third-order valence-corrected chi connectivity index (χ3v) is 8.97. The average Bonchev–Trinajstić information content (AvgIpc) is 3.40. The van der Waals surface area contributed by atoms with E-state index in [0.29, 0.717) is 23.6 Å². The quantitative estimate of drug-likeness (QED) is 0.707. The summed E-state index contributed by atoms with van der Waals surface area (Å²) in [6, 6.07) is 0. The Balaban J connectivity index is 1.12. The lowest BCUT2D eigenvalue weighted by molar-refractivity contribution is -0.00950. The third kappa shape index (κ3) is 4.76. The molecule has 1 aromatic heterocycles. The number of likely N-dealkylation sites (tertiary alicyclic amines) is 1. The van der Waals surface area contributed by atoms with Gasteiger partial charge in [0.25, 0.3) is 5.91 Å². The molecule has 1 N–H and O–H groups in total. The highest BCUT2D eigenvalue weighted by Crippen LogP contribution is 2.48. The third-order valence-electron chi connectivity index (χ3n) is 7.97. The Bertz CT molecular complexity index is 712. The Hall–Kier alpha value is -0.980. The van der Waals surface area contributed by atoms with Gasteiger partial charge in [0.1, 0.15) is 5.69 Å². The Morgan fingerprint density at radius 1 is 1.10 bits per heavy atom. The highest BCUT2D eigenvalue weighted by molar-refractivity contribution is 7.09. The molecule has 1 amide bonds. The zero-order valence-electron chi connectivity index (χ0n) is 18.2. The largest absolute Gasteiger partial charge is 0.377 e. The van der Waals surface area contributed by atoms with E-state index in [1.54, 1.807) is 11.3 Å². The first-order valence-electron chi connectivity index (χ1n) is 12.3. The van der Waals surface area contributed by atoms with Gasteiger partial charge >= 0.3 is 0 Å². The number of carbonyl (C=O) groups is 1. The smallest absolute Gasteiger partial charge is 0.271 e. The molecule has 4 aliphatic rings. The topological polar surface area (TPSA) is 54.5 Å². The highest BCUT2D eigenvalue weighted by atomic mass is 32.1. The Kier molecular flexibility index (Phi) is 6.45. The van der Waals surface area contributed by atoms with Gasteiger partial charge in [-0.25, -0.2) is 4.98 Å². The van der Waals surface area contributed by atoms with Crippen LogP contribution in [-0.2, 0) is 4.74 Å². The van der Waals surface area contributed by atoms with Crippen LogP contribution in [0.4, 0.5) is 0 Å². The number of nitrogens with zero attached hydrogens (tertiary/aromatic N) is 2. The first kappa shape index (κ1) is 20.9. The molecule has 2 saturated heterocycles. The monoisotopic (exact) mass is 431 g/mol. The van der Waals surface area contributed by atoms with E-state index in [4.69, 9.17) is 9.72 Å². The number of hydrogen-bond donors (Lipinski definition) is 1. The maximum absolute atomic E-state index is 12.9. The van der Waals surface area contributed by atoms with Gasteiger partial charge < -0.3 is 15.0 Å². The number of nitrogens with one attached hydrogen (secondary N) is 1. The molecule has 5 rings (SSSR count). The molecule has 6 heteroatoms. The summed E-state index contributed by atoms with van der Waals surface area (Å²) >= 11 is 1.69. The van der Waals surface area contributed by atoms with Crippen molar-refractivity contribution in [3.8, 4) is 0 Å². The molecule has 2 saturated carbocycles. The molecule has 0 bridgehead atoms. The average molecular weight is 432 g/mol. The lowest BCUT2D eigenvalue weighted by Crippen LogP contribution is -2.43. The highest BCUT2D eigenvalue weighted by Gasteiger charge is 2.50. The number of rotatable bonds is 6. The lowest BCUT2D eigenvalue weighted by atomic mass is 9.82. The van der Waals surface area contributed by atoms with Crippen LogP contribution in [0.15, 0.2) is 5.38 Å². The van der Waals surface area contributed by atoms with Crippen molar-refractivity contribution in [2.24, 2.45) is 5.92 Å². The minimum absolute atomic E-state index is 0.0625. The Labute approximate surface area is 185 Å². The molecule has 1 unspecified atom stereocenters. The molecule has 2 aliphatic carbocycles. The summed E-state index contributed by atoms with van der Waals surface area (Å²) in [5, 5.41) is 6.56. The lowest BCUT2D eigenvalue weighted by Gasteiger charge is -2.34. The molecular formula is C24H37N3O2S. The van der Waals surface area contributed by atoms with Crippen LogP contribution < -0.4 is 5.32 Å². The van der Waals surface area contributed by atoms with Gasteiger partial charge in [0.05, 0.1) is 11.1 Å². The molecule has 30 heavy (non-hydrogen) atoms. The van der Waals surface area contributed by atoms with Crippen molar-refractivity contribution in [3.05, 3.63) is 16.1 Å². The summed E-state index contributed by atoms with van der Waals surface area (Å²) in [6.45, 7) is 4.27. The van der Waals surface area contributed by atoms with Gasteiger partial charge in [-0.1, -0.05) is 19.3 Å². The van der Waals surface area contributed by atoms with Crippen molar-refractivity contribution in [1.82, 2.24) is 15.2 Å². The van der Waals surface area contributed by atoms with E-state index in [-0.39, 0.29) is 11.4 Å². The molecule has 1 aromatic rings. The van der Waals surface area contributed by atoms with E-state index in [1.807, 2.05) is 5.38 Å². The van der Waals surface area contributed by atoms with E-state index in [0.717, 1.165) is 56.9 Å². The second-order valence-corrected chi connectivity index (χ2v) is 11.0. The maximum Gasteiger partial charge on any atom is 0.271 e. The summed E-state index contributed by atoms with van der Waals surface area (Å²) in [5.74, 6) is 1.26. The molecule has 1 atom stereocenters. The zero-order chi connectivity index (χ0) is 20.4. The molecule has 166 valence electrons. The number of piperidine rings is 1. The van der Waals surface area contributed by atoms with Gasteiger partial charge in [0, 0.05) is 30.0 Å². The van der Waals surface area contributed by atoms with E-state index in [9.17, 15) is 4.79 Å². The van der Waals surface area contributed by atoms with Crippen LogP contribution >= 0.6 is 11.3 Å². The summed E-state index contributed by atoms with van der Waals surface area (Å²) < 4.78 is 5.91. The molecule has 3 heterocycles. The fraction of sp³-hybridized carbons (Fsp3) is 0.833. The first-order valence-corrected chi connectivity index (χ1v) is 13.2. The van der Waals surface area contributed by atoms with Crippen LogP contribution in [0.5, 0.6) is 0 Å². The summed E-state index contributed by atoms with van der Waals surface area (Å²) in [4.78, 5) is 20.3. The standard InChI is InChI=1S/C24H37N3O2S/c28-22(26-24(11-12-24)19-6-2-1-3-7-19)21-17-30-23(25-21)18-9-13-27(14-10-18)16-20-8-4-5-15-29-20/h17-20H,1-16H2,(H,26,28). The van der Waals surface area contributed by atoms with Crippen molar-refractivity contribution in [2.75, 3.05) is 26.2 Å². The molecule has 0 aromatic carbocycles. The first-order chi connectivity index (χ1) is 14.7. The van der Waals surface area contributed by atoms with Gasteiger partial charge in [-0.2, -0.15) is 0 Å². The Morgan fingerprint density at radius 2 is 1.87 bits per heavy atom. The van der Waals surface area contributed by atoms with Crippen LogP contribution in [0.3, 0.4) is 0 Å². The predicted molar refractivity (Wildman–Crippen MR) is 120 cm³/mol. The molecule has 0 spiro atoms. The molecule has 2 aliphatic heterocycles. The van der Waals surface area contributed by atoms with Crippen LogP contribution in [0, 0.1) is 5.92 Å². The molecule has 5 nitrogen and oxygen atoms in total. The minimum atomic E-state index is 0.0625. The van der Waals surface area contributed by atoms with Crippen LogP contribution in [-0.4, -0.2) is 53.7 Å². The van der Waals surface area contributed by atoms with E-state index >= 15 is 0 Å². The second-order valence-electron chi connectivity index (χ2n) is 10.1. The summed E-state index contributed by atoms with van der Waals surface area (Å²) in [5.41, 5.74) is 0.739. The number of ether oxygens (including phenoxy) is 1. The van der Waals surface area contributed by atoms with E-state index in [2.05, 4.69) is 10.2 Å². The van der Waals surface area contributed by atoms with Crippen molar-refractivity contribution in [1.29, 1.82) is 0 Å². The van der Waals surface area contributed by atoms with Gasteiger partial charge in [0.15, 0.2) is 0 Å². The normalized spacial score (nSPS) is 28.3. The Morgan fingerprint density at radius 3 is 2.57 bits per heavy atom. The number of amides is 1. The van der Waals surface area contributed by atoms with Crippen LogP contribution in [0.1, 0.15) is 98.5 Å². The fourth-order valence-electron chi connectivity index (χ4n) is 5.90. The number of carbonyl (C=O) groups excluding carboxylic acids is 1. The zero-order valence-corrected chi connectivity index (χ0v) is 19.1. The van der Waals surface area contributed by atoms with Crippen molar-refractivity contribution in [3.63, 3.8) is 0 Å². The van der Waals surface area contributed by atoms with Crippen LogP contribution in [0.2, 0.25) is 0 Å². The SMILES string of the molecule is O=C(NC1(C2CCCCC2)CC1)c1csc(C2CCN(CC3CCCCO3)CC2)n1. The van der Waals surface area contributed by atoms with Gasteiger partial charge in [-0.3, -0.25) is 4.79 Å². The minimum Gasteiger partial charge on any atom is -0.377 e. The summed E-state index contributed by atoms with van der Waals surface area (Å²) in [7, 11) is 0. The van der Waals surface area contributed by atoms with Gasteiger partial charge in [-0.05, 0) is 76.8 Å². The number of aromatic nitrogens is 1. The maximum atomic E-state index is 12.9. The number of thiazole rings is 1. The van der Waals surface area contributed by atoms with Crippen LogP contribution in [0.25, 0.3) is 0 Å². The van der Waals surface area contributed by atoms with Gasteiger partial charge in [-0.15, -0.1) is 11.3 Å². The molecular weight excluding hydrogens is 394 g/mol. The molecule has 0 radical (unpaired) electrons.